The molecule has 0 amide bonds. The second kappa shape index (κ2) is 6.83. The molecule has 150 valence electrons. The Morgan fingerprint density at radius 3 is 2.59 bits per heavy atom. The summed E-state index contributed by atoms with van der Waals surface area (Å²) in [7, 11) is -4.05. The van der Waals surface area contributed by atoms with E-state index in [0.29, 0.717) is 10.6 Å². The summed E-state index contributed by atoms with van der Waals surface area (Å²) in [5.74, 6) is -1.69. The molecule has 0 aliphatic carbocycles. The van der Waals surface area contributed by atoms with Gasteiger partial charge in [-0.3, -0.25) is 4.79 Å². The minimum Gasteiger partial charge on any atom is -0.481 e. The topological polar surface area (TPSA) is 76.4 Å². The summed E-state index contributed by atoms with van der Waals surface area (Å²) < 4.78 is 43.1. The third kappa shape index (κ3) is 3.11. The van der Waals surface area contributed by atoms with Crippen LogP contribution in [0.1, 0.15) is 16.8 Å². The van der Waals surface area contributed by atoms with Gasteiger partial charge in [-0.15, -0.1) is 11.3 Å². The molecule has 0 unspecified atom stereocenters. The van der Waals surface area contributed by atoms with Crippen LogP contribution in [0, 0.1) is 19.7 Å². The number of benzene rings is 2. The zero-order chi connectivity index (χ0) is 21.1. The molecule has 0 aliphatic heterocycles. The Balaban J connectivity index is 2.05. The van der Waals surface area contributed by atoms with Crippen molar-refractivity contribution in [1.29, 1.82) is 0 Å². The van der Waals surface area contributed by atoms with E-state index in [4.69, 9.17) is 11.6 Å². The fourth-order valence-electron chi connectivity index (χ4n) is 3.61. The molecule has 29 heavy (non-hydrogen) atoms. The summed E-state index contributed by atoms with van der Waals surface area (Å²) in [5.41, 5.74) is 1.34. The van der Waals surface area contributed by atoms with Gasteiger partial charge in [-0.25, -0.2) is 8.36 Å². The van der Waals surface area contributed by atoms with E-state index >= 15 is 0 Å². The molecule has 2 aromatic heterocycles. The molecule has 0 atom stereocenters. The molecule has 4 rings (SSSR count). The van der Waals surface area contributed by atoms with Gasteiger partial charge in [0.05, 0.1) is 11.9 Å². The molecule has 0 spiro atoms. The number of carbonyl (C=O) groups is 1. The molecular weight excluding hydrogens is 437 g/mol. The van der Waals surface area contributed by atoms with Gasteiger partial charge in [-0.2, -0.15) is 8.42 Å². The van der Waals surface area contributed by atoms with Crippen LogP contribution in [0.4, 0.5) is 4.39 Å². The molecule has 2 heterocycles. The lowest BCUT2D eigenvalue weighted by Crippen LogP contribution is -2.14. The Bertz CT molecular complexity index is 1420. The minimum atomic E-state index is -4.05. The van der Waals surface area contributed by atoms with E-state index < -0.39 is 28.2 Å². The fraction of sp³-hybridized carbons (Fsp3) is 0.150. The van der Waals surface area contributed by atoms with Crippen molar-refractivity contribution in [3.63, 3.8) is 0 Å². The van der Waals surface area contributed by atoms with Crippen molar-refractivity contribution >= 4 is 59.9 Å². The standard InChI is InChI=1S/C20H15ClFNO4S2/c1-10-14-7-12(21)3-6-18(14)28-20(10)29(26,27)23-11(2)15(9-19(24)25)16-8-13(22)4-5-17(16)23/h3-8H,9H2,1-2H3,(H,24,25). The zero-order valence-corrected chi connectivity index (χ0v) is 17.8. The van der Waals surface area contributed by atoms with E-state index in [9.17, 15) is 22.7 Å². The first kappa shape index (κ1) is 19.9. The molecule has 1 N–H and O–H groups in total. The summed E-state index contributed by atoms with van der Waals surface area (Å²) in [6, 6.07) is 8.87. The van der Waals surface area contributed by atoms with Gasteiger partial charge in [0.15, 0.2) is 0 Å². The number of hydrogen-bond acceptors (Lipinski definition) is 4. The highest BCUT2D eigenvalue weighted by molar-refractivity contribution is 7.92. The average molecular weight is 452 g/mol. The maximum absolute atomic E-state index is 13.8. The number of carboxylic acid groups (broad SMARTS) is 1. The predicted octanol–water partition coefficient (Wildman–Crippen LogP) is 5.13. The summed E-state index contributed by atoms with van der Waals surface area (Å²) in [4.78, 5) is 11.3. The second-order valence-electron chi connectivity index (χ2n) is 6.72. The Hall–Kier alpha value is -2.42. The molecule has 0 aliphatic rings. The number of fused-ring (bicyclic) bond motifs is 2. The average Bonchev–Trinajstić information content (AvgIpc) is 3.11. The van der Waals surface area contributed by atoms with Crippen molar-refractivity contribution in [2.45, 2.75) is 24.5 Å². The molecule has 5 nitrogen and oxygen atoms in total. The maximum atomic E-state index is 13.8. The van der Waals surface area contributed by atoms with Crippen molar-refractivity contribution in [2.24, 2.45) is 0 Å². The second-order valence-corrected chi connectivity index (χ2v) is 10.2. The first-order valence-electron chi connectivity index (χ1n) is 8.56. The van der Waals surface area contributed by atoms with Crippen molar-refractivity contribution in [3.8, 4) is 0 Å². The number of hydrogen-bond donors (Lipinski definition) is 1. The number of nitrogens with zero attached hydrogens (tertiary/aromatic N) is 1. The molecule has 0 fully saturated rings. The Morgan fingerprint density at radius 2 is 1.90 bits per heavy atom. The molecule has 9 heteroatoms. The molecule has 0 bridgehead atoms. The van der Waals surface area contributed by atoms with E-state index in [1.54, 1.807) is 25.1 Å². The lowest BCUT2D eigenvalue weighted by Gasteiger charge is -2.10. The normalized spacial score (nSPS) is 12.1. The number of thiophene rings is 1. The highest BCUT2D eigenvalue weighted by Crippen LogP contribution is 2.39. The van der Waals surface area contributed by atoms with Gasteiger partial charge in [0.25, 0.3) is 10.0 Å². The number of halogens is 2. The maximum Gasteiger partial charge on any atom is 0.307 e. The SMILES string of the molecule is Cc1c(S(=O)(=O)n2c(C)c(CC(=O)O)c3cc(F)ccc32)sc2ccc(Cl)cc12. The fourth-order valence-corrected chi connectivity index (χ4v) is 7.17. The number of rotatable bonds is 4. The largest absolute Gasteiger partial charge is 0.481 e. The lowest BCUT2D eigenvalue weighted by atomic mass is 10.1. The minimum absolute atomic E-state index is 0.140. The van der Waals surface area contributed by atoms with Crippen molar-refractivity contribution in [3.05, 3.63) is 64.1 Å². The van der Waals surface area contributed by atoms with Crippen LogP contribution >= 0.6 is 22.9 Å². The number of carboxylic acids is 1. The highest BCUT2D eigenvalue weighted by atomic mass is 35.5. The predicted molar refractivity (Wildman–Crippen MR) is 112 cm³/mol. The first-order valence-corrected chi connectivity index (χ1v) is 11.2. The van der Waals surface area contributed by atoms with E-state index in [1.807, 2.05) is 0 Å². The van der Waals surface area contributed by atoms with E-state index in [-0.39, 0.29) is 26.4 Å². The van der Waals surface area contributed by atoms with Crippen LogP contribution in [-0.2, 0) is 21.2 Å². The highest BCUT2D eigenvalue weighted by Gasteiger charge is 2.29. The Morgan fingerprint density at radius 1 is 1.17 bits per heavy atom. The molecule has 2 aromatic carbocycles. The Kier molecular flexibility index (Phi) is 4.68. The van der Waals surface area contributed by atoms with Crippen LogP contribution in [0.25, 0.3) is 21.0 Å². The molecule has 4 aromatic rings. The number of aromatic nitrogens is 1. The lowest BCUT2D eigenvalue weighted by molar-refractivity contribution is -0.136. The van der Waals surface area contributed by atoms with Gasteiger partial charge in [0.2, 0.25) is 0 Å². The van der Waals surface area contributed by atoms with Crippen LogP contribution in [0.2, 0.25) is 5.02 Å². The third-order valence-electron chi connectivity index (χ3n) is 4.90. The van der Waals surface area contributed by atoms with E-state index in [0.717, 1.165) is 31.5 Å². The zero-order valence-electron chi connectivity index (χ0n) is 15.4. The van der Waals surface area contributed by atoms with Crippen LogP contribution in [0.5, 0.6) is 0 Å². The van der Waals surface area contributed by atoms with Gasteiger partial charge < -0.3 is 5.11 Å². The first-order chi connectivity index (χ1) is 13.6. The van der Waals surface area contributed by atoms with Gasteiger partial charge in [0.1, 0.15) is 10.0 Å². The number of aliphatic carboxylic acids is 1. The Labute approximate surface area is 175 Å². The van der Waals surface area contributed by atoms with Gasteiger partial charge in [-0.1, -0.05) is 11.6 Å². The number of aryl methyl sites for hydroxylation is 1. The molecule has 0 saturated carbocycles. The van der Waals surface area contributed by atoms with Crippen molar-refractivity contribution in [2.75, 3.05) is 0 Å². The smallest absolute Gasteiger partial charge is 0.307 e. The molecular formula is C20H15ClFNO4S2. The van der Waals surface area contributed by atoms with Crippen LogP contribution in [0.3, 0.4) is 0 Å². The van der Waals surface area contributed by atoms with Crippen molar-refractivity contribution < 1.29 is 22.7 Å². The van der Waals surface area contributed by atoms with Crippen LogP contribution in [0.15, 0.2) is 40.6 Å². The third-order valence-corrected chi connectivity index (χ3v) is 8.81. The summed E-state index contributed by atoms with van der Waals surface area (Å²) in [6.07, 6.45) is -0.407. The summed E-state index contributed by atoms with van der Waals surface area (Å²) in [6.45, 7) is 3.24. The van der Waals surface area contributed by atoms with Gasteiger partial charge in [-0.05, 0) is 66.8 Å². The monoisotopic (exact) mass is 451 g/mol. The van der Waals surface area contributed by atoms with Crippen molar-refractivity contribution in [1.82, 2.24) is 3.97 Å². The van der Waals surface area contributed by atoms with Crippen LogP contribution in [-0.4, -0.2) is 23.5 Å². The summed E-state index contributed by atoms with van der Waals surface area (Å²) in [5, 5.41) is 10.8. The van der Waals surface area contributed by atoms with E-state index in [1.165, 1.54) is 19.1 Å². The van der Waals surface area contributed by atoms with Crippen LogP contribution < -0.4 is 0 Å². The summed E-state index contributed by atoms with van der Waals surface area (Å²) >= 11 is 7.18. The molecule has 0 radical (unpaired) electrons. The molecule has 0 saturated heterocycles. The van der Waals surface area contributed by atoms with E-state index in [2.05, 4.69) is 0 Å². The van der Waals surface area contributed by atoms with Gasteiger partial charge in [0, 0.05) is 20.8 Å². The quantitative estimate of drug-likeness (QED) is 0.466. The van der Waals surface area contributed by atoms with Gasteiger partial charge >= 0.3 is 5.97 Å².